The Bertz CT molecular complexity index is 1180. The molecule has 1 aliphatic carbocycles. The van der Waals surface area contributed by atoms with Gasteiger partial charge >= 0.3 is 0 Å². The van der Waals surface area contributed by atoms with E-state index in [0.717, 1.165) is 29.3 Å². The van der Waals surface area contributed by atoms with Crippen molar-refractivity contribution in [3.05, 3.63) is 84.1 Å². The van der Waals surface area contributed by atoms with Gasteiger partial charge in [-0.15, -0.1) is 0 Å². The van der Waals surface area contributed by atoms with E-state index in [1.807, 2.05) is 72.8 Å². The van der Waals surface area contributed by atoms with Crippen molar-refractivity contribution in [2.45, 2.75) is 25.4 Å². The van der Waals surface area contributed by atoms with E-state index < -0.39 is 5.95 Å². The molecule has 5 rings (SSSR count). The van der Waals surface area contributed by atoms with Gasteiger partial charge in [0.1, 0.15) is 6.54 Å². The van der Waals surface area contributed by atoms with Gasteiger partial charge in [-0.05, 0) is 40.4 Å². The second kappa shape index (κ2) is 7.05. The Labute approximate surface area is 167 Å². The first-order valence-corrected chi connectivity index (χ1v) is 9.64. The van der Waals surface area contributed by atoms with E-state index in [-0.39, 0.29) is 18.5 Å². The lowest BCUT2D eigenvalue weighted by molar-refractivity contribution is -0.678. The second-order valence-electron chi connectivity index (χ2n) is 7.28. The van der Waals surface area contributed by atoms with Crippen LogP contribution < -0.4 is 9.79 Å². The van der Waals surface area contributed by atoms with E-state index in [1.165, 1.54) is 4.68 Å². The maximum Gasteiger partial charge on any atom is 0.259 e. The molecule has 3 aromatic carbocycles. The van der Waals surface area contributed by atoms with Crippen molar-refractivity contribution >= 4 is 16.7 Å². The zero-order chi connectivity index (χ0) is 19.8. The number of hydrogen-bond acceptors (Lipinski definition) is 4. The molecule has 0 saturated heterocycles. The zero-order valence-corrected chi connectivity index (χ0v) is 15.7. The van der Waals surface area contributed by atoms with Crippen LogP contribution >= 0.6 is 0 Å². The molecular weight excluding hydrogens is 366 g/mol. The number of aromatic nitrogens is 2. The molecule has 0 unspecified atom stereocenters. The number of fused-ring (bicyclic) bond motifs is 1. The summed E-state index contributed by atoms with van der Waals surface area (Å²) in [6, 6.07) is 23.1. The highest BCUT2D eigenvalue weighted by Crippen LogP contribution is 2.31. The summed E-state index contributed by atoms with van der Waals surface area (Å²) < 4.78 is 6.39. The fourth-order valence-corrected chi connectivity index (χ4v) is 3.57. The molecule has 6 heteroatoms. The van der Waals surface area contributed by atoms with Crippen molar-refractivity contribution in [1.29, 1.82) is 0 Å². The van der Waals surface area contributed by atoms with Gasteiger partial charge in [0.2, 0.25) is 5.69 Å². The maximum absolute atomic E-state index is 13.3. The number of carbonyl (C=O) groups excluding carboxylic acids is 1. The van der Waals surface area contributed by atoms with Gasteiger partial charge in [-0.25, -0.2) is 0 Å². The van der Waals surface area contributed by atoms with Crippen molar-refractivity contribution in [3.8, 4) is 11.6 Å². The van der Waals surface area contributed by atoms with E-state index in [0.29, 0.717) is 11.3 Å². The Morgan fingerprint density at radius 1 is 1.03 bits per heavy atom. The summed E-state index contributed by atoms with van der Waals surface area (Å²) >= 11 is 0. The predicted molar refractivity (Wildman–Crippen MR) is 104 cm³/mol. The molecule has 0 N–H and O–H groups in total. The minimum atomic E-state index is -0.522. The Hall–Kier alpha value is -3.67. The molecule has 0 aliphatic heterocycles. The Kier molecular flexibility index (Phi) is 4.24. The van der Waals surface area contributed by atoms with E-state index in [4.69, 9.17) is 4.52 Å². The first-order chi connectivity index (χ1) is 14.2. The number of rotatable bonds is 5. The number of nitrogens with zero attached hydrogens (tertiary/aromatic N) is 3. The lowest BCUT2D eigenvalue weighted by Crippen LogP contribution is -2.42. The van der Waals surface area contributed by atoms with Crippen LogP contribution in [0, 0.1) is 0 Å². The molecule has 0 bridgehead atoms. The van der Waals surface area contributed by atoms with Crippen LogP contribution in [0.1, 0.15) is 28.9 Å². The summed E-state index contributed by atoms with van der Waals surface area (Å²) in [5, 5.41) is 18.3. The Morgan fingerprint density at radius 3 is 2.52 bits per heavy atom. The van der Waals surface area contributed by atoms with Crippen LogP contribution in [0.4, 0.5) is 0 Å². The number of carbonyl (C=O) groups is 1. The van der Waals surface area contributed by atoms with Crippen LogP contribution in [-0.4, -0.2) is 22.1 Å². The van der Waals surface area contributed by atoms with Gasteiger partial charge in [-0.2, -0.15) is 0 Å². The molecule has 1 heterocycles. The normalized spacial score (nSPS) is 13.5. The number of hydrogen-bond donors (Lipinski definition) is 0. The average molecular weight is 385 g/mol. The highest BCUT2D eigenvalue weighted by Gasteiger charge is 2.36. The number of benzene rings is 3. The predicted octanol–water partition coefficient (Wildman–Crippen LogP) is 2.98. The van der Waals surface area contributed by atoms with Gasteiger partial charge in [0.05, 0.1) is 5.27 Å². The van der Waals surface area contributed by atoms with Crippen LogP contribution in [0.15, 0.2) is 77.3 Å². The third-order valence-corrected chi connectivity index (χ3v) is 5.26. The quantitative estimate of drug-likeness (QED) is 0.495. The molecule has 1 saturated carbocycles. The molecule has 1 amide bonds. The van der Waals surface area contributed by atoms with Gasteiger partial charge in [0.15, 0.2) is 5.95 Å². The van der Waals surface area contributed by atoms with Crippen LogP contribution in [0.2, 0.25) is 0 Å². The van der Waals surface area contributed by atoms with E-state index in [9.17, 15) is 9.90 Å². The Morgan fingerprint density at radius 2 is 1.76 bits per heavy atom. The molecule has 6 nitrogen and oxygen atoms in total. The van der Waals surface area contributed by atoms with Gasteiger partial charge in [-0.3, -0.25) is 4.79 Å². The maximum atomic E-state index is 13.3. The fourth-order valence-electron chi connectivity index (χ4n) is 3.57. The van der Waals surface area contributed by atoms with E-state index in [2.05, 4.69) is 5.27 Å². The Balaban J connectivity index is 1.49. The number of para-hydroxylation sites is 1. The lowest BCUT2D eigenvalue weighted by Gasteiger charge is -2.21. The van der Waals surface area contributed by atoms with Crippen LogP contribution in [0.3, 0.4) is 0 Å². The van der Waals surface area contributed by atoms with Gasteiger partial charge in [0, 0.05) is 23.7 Å². The number of amides is 1. The molecule has 144 valence electrons. The summed E-state index contributed by atoms with van der Waals surface area (Å²) in [6.45, 7) is 0.160. The molecule has 29 heavy (non-hydrogen) atoms. The first kappa shape index (κ1) is 17.4. The van der Waals surface area contributed by atoms with Crippen molar-refractivity contribution in [1.82, 2.24) is 10.2 Å². The molecule has 0 atom stereocenters. The lowest BCUT2D eigenvalue weighted by atomic mass is 10.1. The molecule has 0 spiro atoms. The standard InChI is InChI=1S/C23H19N3O3/c27-22(18-11-10-16-6-4-5-7-17(16)14-18)25(19-12-13-19)15-21-23(28)29-24-26(21)20-8-2-1-3-9-20/h1-11,14,19H,12-13,15H2. The van der Waals surface area contributed by atoms with Crippen LogP contribution in [-0.2, 0) is 6.54 Å². The van der Waals surface area contributed by atoms with Gasteiger partial charge < -0.3 is 14.5 Å². The first-order valence-electron chi connectivity index (χ1n) is 9.64. The summed E-state index contributed by atoms with van der Waals surface area (Å²) in [6.07, 6.45) is 1.87. The third kappa shape index (κ3) is 3.33. The minimum Gasteiger partial charge on any atom is -0.539 e. The van der Waals surface area contributed by atoms with Gasteiger partial charge in [-0.1, -0.05) is 48.5 Å². The molecule has 0 radical (unpaired) electrons. The van der Waals surface area contributed by atoms with Crippen molar-refractivity contribution in [3.63, 3.8) is 0 Å². The fraction of sp³-hybridized carbons (Fsp3) is 0.174. The summed E-state index contributed by atoms with van der Waals surface area (Å²) in [5.41, 5.74) is 1.69. The summed E-state index contributed by atoms with van der Waals surface area (Å²) in [5.74, 6) is -0.607. The van der Waals surface area contributed by atoms with Crippen LogP contribution in [0.25, 0.3) is 16.5 Å². The highest BCUT2D eigenvalue weighted by atomic mass is 16.6. The zero-order valence-electron chi connectivity index (χ0n) is 15.7. The van der Waals surface area contributed by atoms with Crippen molar-refractivity contribution in [2.75, 3.05) is 0 Å². The molecule has 1 fully saturated rings. The molecule has 1 aliphatic rings. The van der Waals surface area contributed by atoms with Crippen molar-refractivity contribution < 1.29 is 19.1 Å². The topological polar surface area (TPSA) is 73.3 Å². The molecule has 1 aromatic heterocycles. The van der Waals surface area contributed by atoms with E-state index in [1.54, 1.807) is 4.90 Å². The monoisotopic (exact) mass is 385 g/mol. The van der Waals surface area contributed by atoms with Crippen LogP contribution in [0.5, 0.6) is 5.95 Å². The van der Waals surface area contributed by atoms with Gasteiger partial charge in [0.25, 0.3) is 11.6 Å². The molecule has 4 aromatic rings. The smallest absolute Gasteiger partial charge is 0.259 e. The van der Waals surface area contributed by atoms with E-state index >= 15 is 0 Å². The molecular formula is C23H19N3O3. The second-order valence-corrected chi connectivity index (χ2v) is 7.28. The summed E-state index contributed by atoms with van der Waals surface area (Å²) in [4.78, 5) is 15.1. The largest absolute Gasteiger partial charge is 0.539 e. The van der Waals surface area contributed by atoms with Crippen molar-refractivity contribution in [2.24, 2.45) is 0 Å². The minimum absolute atomic E-state index is 0.0848. The third-order valence-electron chi connectivity index (χ3n) is 5.26. The summed E-state index contributed by atoms with van der Waals surface area (Å²) in [7, 11) is 0. The highest BCUT2D eigenvalue weighted by molar-refractivity contribution is 5.98. The SMILES string of the molecule is O=C(c1ccc2ccccc2c1)N(Cc1c([O-])on[n+]1-c1ccccc1)C1CC1. The average Bonchev–Trinajstić information content (AvgIpc) is 3.55.